The number of nitrogens with zero attached hydrogens (tertiary/aromatic N) is 1. The van der Waals surface area contributed by atoms with Crippen LogP contribution >= 0.6 is 0 Å². The fraction of sp³-hybridized carbons (Fsp3) is 0.900. The first-order valence-electron chi connectivity index (χ1n) is 10.1. The van der Waals surface area contributed by atoms with Crippen molar-refractivity contribution in [1.82, 2.24) is 4.90 Å². The summed E-state index contributed by atoms with van der Waals surface area (Å²) in [6.45, 7) is 16.3. The van der Waals surface area contributed by atoms with Crippen LogP contribution in [0.2, 0.25) is 13.1 Å². The predicted molar refractivity (Wildman–Crippen MR) is 106 cm³/mol. The zero-order valence-electron chi connectivity index (χ0n) is 16.1. The van der Waals surface area contributed by atoms with E-state index in [0.717, 1.165) is 0 Å². The highest BCUT2D eigenvalue weighted by Crippen LogP contribution is 2.13. The molecule has 0 aromatic heterocycles. The second kappa shape index (κ2) is 15.6. The molecule has 0 aromatic carbocycles. The van der Waals surface area contributed by atoms with Crippen LogP contribution in [0, 0.1) is 0 Å². The van der Waals surface area contributed by atoms with E-state index in [0.29, 0.717) is 0 Å². The molecule has 0 fully saturated rings. The Morgan fingerprint density at radius 3 is 1.41 bits per heavy atom. The maximum atomic E-state index is 4.40. The summed E-state index contributed by atoms with van der Waals surface area (Å²) in [7, 11) is -0.731. The van der Waals surface area contributed by atoms with E-state index in [1.165, 1.54) is 95.5 Å². The van der Waals surface area contributed by atoms with Crippen LogP contribution in [0.15, 0.2) is 11.9 Å². The Hall–Kier alpha value is -0.243. The molecule has 0 aliphatic heterocycles. The van der Waals surface area contributed by atoms with Gasteiger partial charge < -0.3 is 4.90 Å². The second-order valence-electron chi connectivity index (χ2n) is 7.17. The minimum atomic E-state index is -0.731. The molecule has 0 amide bonds. The molecule has 0 radical (unpaired) electrons. The van der Waals surface area contributed by atoms with Crippen molar-refractivity contribution < 1.29 is 0 Å². The molecule has 22 heavy (non-hydrogen) atoms. The molecule has 0 bridgehead atoms. The summed E-state index contributed by atoms with van der Waals surface area (Å²) in [5.41, 5.74) is 0. The van der Waals surface area contributed by atoms with E-state index < -0.39 is 8.80 Å². The Morgan fingerprint density at radius 1 is 0.682 bits per heavy atom. The maximum absolute atomic E-state index is 4.40. The molecule has 0 spiro atoms. The van der Waals surface area contributed by atoms with Gasteiger partial charge in [-0.2, -0.15) is 0 Å². The predicted octanol–water partition coefficient (Wildman–Crippen LogP) is 6.55. The number of hydrogen-bond acceptors (Lipinski definition) is 1. The summed E-state index contributed by atoms with van der Waals surface area (Å²) in [6, 6.07) is 0. The molecule has 0 aromatic rings. The van der Waals surface area contributed by atoms with Crippen LogP contribution in [0.4, 0.5) is 0 Å². The number of unbranched alkanes of at least 4 members (excludes halogenated alkanes) is 10. The van der Waals surface area contributed by atoms with Gasteiger partial charge in [-0.3, -0.25) is 0 Å². The molecule has 0 N–H and O–H groups in total. The van der Waals surface area contributed by atoms with E-state index in [4.69, 9.17) is 0 Å². The molecule has 0 heterocycles. The third kappa shape index (κ3) is 12.3. The van der Waals surface area contributed by atoms with Crippen LogP contribution in [-0.4, -0.2) is 26.8 Å². The van der Waals surface area contributed by atoms with E-state index >= 15 is 0 Å². The van der Waals surface area contributed by atoms with E-state index in [1.807, 2.05) is 0 Å². The minimum absolute atomic E-state index is 0.731. The van der Waals surface area contributed by atoms with Gasteiger partial charge in [0.25, 0.3) is 0 Å². The normalized spacial score (nSPS) is 11.1. The molecule has 1 nitrogen and oxygen atoms in total. The summed E-state index contributed by atoms with van der Waals surface area (Å²) in [5, 5.41) is 1.49. The van der Waals surface area contributed by atoms with Crippen LogP contribution in [0.5, 0.6) is 0 Å². The van der Waals surface area contributed by atoms with Gasteiger partial charge in [0.2, 0.25) is 0 Å². The Labute approximate surface area is 143 Å². The maximum Gasteiger partial charge on any atom is 0.0843 e. The summed E-state index contributed by atoms with van der Waals surface area (Å²) < 4.78 is 0. The lowest BCUT2D eigenvalue weighted by Gasteiger charge is -2.29. The van der Waals surface area contributed by atoms with Gasteiger partial charge in [-0.05, 0) is 18.2 Å². The largest absolute Gasteiger partial charge is 0.379 e. The Kier molecular flexibility index (Phi) is 15.5. The van der Waals surface area contributed by atoms with Crippen molar-refractivity contribution in [2.45, 2.75) is 104 Å². The molecule has 0 saturated carbocycles. The first-order valence-corrected chi connectivity index (χ1v) is 13.0. The van der Waals surface area contributed by atoms with Gasteiger partial charge in [-0.15, -0.1) is 0 Å². The average Bonchev–Trinajstić information content (AvgIpc) is 2.51. The standard InChI is InChI=1S/C20H43NSi/c1-6-8-10-12-14-16-18-21(20(3)22(4)5)19-17-15-13-11-9-7-2/h22H,3,6-19H2,1-2,4-5H3. The average molecular weight is 326 g/mol. The third-order valence-corrected chi connectivity index (χ3v) is 6.33. The summed E-state index contributed by atoms with van der Waals surface area (Å²) >= 11 is 0. The molecule has 2 heteroatoms. The molecule has 0 atom stereocenters. The second-order valence-corrected chi connectivity index (χ2v) is 10.1. The molecular weight excluding hydrogens is 282 g/mol. The Morgan fingerprint density at radius 2 is 1.05 bits per heavy atom. The molecule has 0 aliphatic rings. The van der Waals surface area contributed by atoms with Crippen molar-refractivity contribution in [2.75, 3.05) is 13.1 Å². The van der Waals surface area contributed by atoms with Gasteiger partial charge in [-0.25, -0.2) is 0 Å². The van der Waals surface area contributed by atoms with Crippen molar-refractivity contribution in [1.29, 1.82) is 0 Å². The SMILES string of the molecule is C=C(N(CCCCCCCC)CCCCCCCC)[SiH](C)C. The monoisotopic (exact) mass is 325 g/mol. The summed E-state index contributed by atoms with van der Waals surface area (Å²) in [6.07, 6.45) is 16.7. The van der Waals surface area contributed by atoms with Gasteiger partial charge in [0.05, 0.1) is 8.80 Å². The van der Waals surface area contributed by atoms with Gasteiger partial charge >= 0.3 is 0 Å². The first-order chi connectivity index (χ1) is 10.6. The van der Waals surface area contributed by atoms with Crippen molar-refractivity contribution in [3.8, 4) is 0 Å². The van der Waals surface area contributed by atoms with Crippen LogP contribution in [0.25, 0.3) is 0 Å². The molecule has 132 valence electrons. The fourth-order valence-electron chi connectivity index (χ4n) is 2.93. The third-order valence-electron chi connectivity index (χ3n) is 4.64. The highest BCUT2D eigenvalue weighted by atomic mass is 28.3. The number of hydrogen-bond donors (Lipinski definition) is 0. The molecular formula is C20H43NSi. The van der Waals surface area contributed by atoms with E-state index in [9.17, 15) is 0 Å². The van der Waals surface area contributed by atoms with Gasteiger partial charge in [-0.1, -0.05) is 97.7 Å². The first kappa shape index (κ1) is 21.8. The van der Waals surface area contributed by atoms with Gasteiger partial charge in [0.15, 0.2) is 0 Å². The quantitative estimate of drug-likeness (QED) is 0.230. The molecule has 0 rings (SSSR count). The highest BCUT2D eigenvalue weighted by molar-refractivity contribution is 6.63. The summed E-state index contributed by atoms with van der Waals surface area (Å²) in [4.78, 5) is 2.64. The minimum Gasteiger partial charge on any atom is -0.379 e. The molecule has 0 aliphatic carbocycles. The molecule has 0 saturated heterocycles. The van der Waals surface area contributed by atoms with Crippen molar-refractivity contribution >= 4 is 8.80 Å². The van der Waals surface area contributed by atoms with Crippen LogP contribution < -0.4 is 0 Å². The topological polar surface area (TPSA) is 3.24 Å². The van der Waals surface area contributed by atoms with Crippen molar-refractivity contribution in [3.63, 3.8) is 0 Å². The molecule has 0 unspecified atom stereocenters. The van der Waals surface area contributed by atoms with Crippen molar-refractivity contribution in [3.05, 3.63) is 11.9 Å². The van der Waals surface area contributed by atoms with E-state index in [2.05, 4.69) is 38.4 Å². The van der Waals surface area contributed by atoms with Crippen LogP contribution in [0.3, 0.4) is 0 Å². The lowest BCUT2D eigenvalue weighted by atomic mass is 10.1. The van der Waals surface area contributed by atoms with Crippen LogP contribution in [0.1, 0.15) is 90.9 Å². The Bertz CT molecular complexity index is 234. The van der Waals surface area contributed by atoms with E-state index in [1.54, 1.807) is 0 Å². The van der Waals surface area contributed by atoms with E-state index in [-0.39, 0.29) is 0 Å². The number of rotatable bonds is 16. The zero-order valence-corrected chi connectivity index (χ0v) is 17.3. The lowest BCUT2D eigenvalue weighted by Crippen LogP contribution is -2.31. The van der Waals surface area contributed by atoms with Gasteiger partial charge in [0.1, 0.15) is 0 Å². The van der Waals surface area contributed by atoms with Gasteiger partial charge in [0, 0.05) is 13.1 Å². The lowest BCUT2D eigenvalue weighted by molar-refractivity contribution is 0.339. The Balaban J connectivity index is 3.88. The highest BCUT2D eigenvalue weighted by Gasteiger charge is 2.11. The van der Waals surface area contributed by atoms with Crippen molar-refractivity contribution in [2.24, 2.45) is 0 Å². The smallest absolute Gasteiger partial charge is 0.0843 e. The fourth-order valence-corrected chi connectivity index (χ4v) is 3.92. The summed E-state index contributed by atoms with van der Waals surface area (Å²) in [5.74, 6) is 0. The van der Waals surface area contributed by atoms with Crippen LogP contribution in [-0.2, 0) is 0 Å². The zero-order chi connectivity index (χ0) is 16.6.